The lowest BCUT2D eigenvalue weighted by molar-refractivity contribution is -0.154. The average molecular weight is 865 g/mol. The maximum Gasteiger partial charge on any atom is 0.306 e. The first-order valence-corrected chi connectivity index (χ1v) is 25.1. The second-order valence-electron chi connectivity index (χ2n) is 15.8. The molecule has 0 saturated heterocycles. The molecule has 0 heterocycles. The molecule has 4 heteroatoms. The maximum atomic E-state index is 12.3. The van der Waals surface area contributed by atoms with Gasteiger partial charge in [0.05, 0.1) is 13.2 Å². The predicted molar refractivity (Wildman–Crippen MR) is 278 cm³/mol. The Bertz CT molecular complexity index is 1380. The Kier molecular flexibility index (Phi) is 50.7. The molecule has 4 nitrogen and oxygen atoms in total. The number of ether oxygens (including phenoxy) is 2. The van der Waals surface area contributed by atoms with Gasteiger partial charge in [0, 0.05) is 13.0 Å². The molecule has 0 aliphatic rings. The number of hydrogen-bond donors (Lipinski definition) is 1. The number of carbonyl (C=O) groups excluding carboxylic acids is 1. The summed E-state index contributed by atoms with van der Waals surface area (Å²) in [5, 5.41) is 9.65. The Hall–Kier alpha value is -3.99. The molecule has 352 valence electrons. The molecule has 0 radical (unpaired) electrons. The number of rotatable bonds is 44. The van der Waals surface area contributed by atoms with Gasteiger partial charge in [0.1, 0.15) is 6.10 Å². The van der Waals surface area contributed by atoms with E-state index in [1.165, 1.54) is 38.5 Å². The van der Waals surface area contributed by atoms with Gasteiger partial charge >= 0.3 is 5.97 Å². The number of carbonyl (C=O) groups is 1. The molecule has 0 bridgehead atoms. The van der Waals surface area contributed by atoms with Gasteiger partial charge in [0.2, 0.25) is 0 Å². The molecule has 0 aromatic rings. The van der Waals surface area contributed by atoms with E-state index in [2.05, 4.69) is 172 Å². The fourth-order valence-electron chi connectivity index (χ4n) is 6.19. The highest BCUT2D eigenvalue weighted by atomic mass is 16.6. The molecule has 63 heavy (non-hydrogen) atoms. The van der Waals surface area contributed by atoms with E-state index in [1.54, 1.807) is 0 Å². The Morgan fingerprint density at radius 3 is 1.00 bits per heavy atom. The summed E-state index contributed by atoms with van der Waals surface area (Å²) in [6.07, 6.45) is 84.6. The van der Waals surface area contributed by atoms with E-state index in [9.17, 15) is 9.90 Å². The zero-order chi connectivity index (χ0) is 45.5. The van der Waals surface area contributed by atoms with Gasteiger partial charge in [-0.15, -0.1) is 0 Å². The standard InChI is InChI=1S/C59H92O4/c1-3-5-7-9-11-13-15-17-19-21-23-25-27-29-31-33-35-37-39-41-43-45-47-49-51-53-55-62-57-58(56-60)63-59(61)54-52-50-48-46-44-42-40-38-36-34-32-30-28-26-24-22-20-18-16-14-12-10-8-6-4-2/h5-8,11-14,17-20,23-26,29-32,35-38,42,44,58,60H,3-4,9-10,15-16,21-22,27-28,33-34,39-41,43,45-57H2,1-2H3/b7-5-,8-6-,13-11-,14-12-,19-17-,20-18-,25-23-,26-24-,31-29-,32-30-,37-35-,38-36-,44-42-. The summed E-state index contributed by atoms with van der Waals surface area (Å²) in [5.74, 6) is -0.244. The summed E-state index contributed by atoms with van der Waals surface area (Å²) >= 11 is 0. The van der Waals surface area contributed by atoms with Gasteiger partial charge in [-0.05, 0) is 122 Å². The molecule has 0 aliphatic heterocycles. The fourth-order valence-corrected chi connectivity index (χ4v) is 6.19. The van der Waals surface area contributed by atoms with E-state index in [1.807, 2.05) is 0 Å². The van der Waals surface area contributed by atoms with Crippen molar-refractivity contribution in [1.29, 1.82) is 0 Å². The van der Waals surface area contributed by atoms with E-state index >= 15 is 0 Å². The lowest BCUT2D eigenvalue weighted by Crippen LogP contribution is -2.27. The molecule has 1 unspecified atom stereocenters. The van der Waals surface area contributed by atoms with Gasteiger partial charge in [0.15, 0.2) is 0 Å². The Labute approximate surface area is 388 Å². The molecule has 0 rings (SSSR count). The zero-order valence-electron chi connectivity index (χ0n) is 40.3. The summed E-state index contributed by atoms with van der Waals surface area (Å²) in [7, 11) is 0. The van der Waals surface area contributed by atoms with Crippen LogP contribution in [0.3, 0.4) is 0 Å². The van der Waals surface area contributed by atoms with Gasteiger partial charge in [-0.25, -0.2) is 0 Å². The van der Waals surface area contributed by atoms with E-state index in [4.69, 9.17) is 9.47 Å². The summed E-state index contributed by atoms with van der Waals surface area (Å²) in [6.45, 7) is 5.03. The minimum Gasteiger partial charge on any atom is -0.457 e. The SMILES string of the molecule is CC/C=C\C/C=C\C/C=C\C/C=C\C/C=C\C/C=C\C/C=C\CCCCCC(=O)OC(CO)COCCCCCCCCC/C=C\C/C=C\C/C=C\C/C=C\C/C=C\C/C=C\CC. The van der Waals surface area contributed by atoms with Crippen LogP contribution in [0.5, 0.6) is 0 Å². The van der Waals surface area contributed by atoms with Crippen LogP contribution in [0, 0.1) is 0 Å². The second kappa shape index (κ2) is 54.1. The quantitative estimate of drug-likeness (QED) is 0.0377. The number of allylic oxidation sites excluding steroid dienone is 26. The molecular weight excluding hydrogens is 773 g/mol. The van der Waals surface area contributed by atoms with E-state index in [-0.39, 0.29) is 19.2 Å². The van der Waals surface area contributed by atoms with Crippen LogP contribution in [0.25, 0.3) is 0 Å². The van der Waals surface area contributed by atoms with Crippen molar-refractivity contribution in [2.45, 2.75) is 187 Å². The third-order valence-corrected chi connectivity index (χ3v) is 9.85. The third-order valence-electron chi connectivity index (χ3n) is 9.85. The molecule has 0 spiro atoms. The van der Waals surface area contributed by atoms with Crippen molar-refractivity contribution in [1.82, 2.24) is 0 Å². The molecule has 0 aromatic carbocycles. The minimum absolute atomic E-state index is 0.203. The largest absolute Gasteiger partial charge is 0.457 e. The average Bonchev–Trinajstić information content (AvgIpc) is 3.29. The first-order valence-electron chi connectivity index (χ1n) is 25.1. The number of aliphatic hydroxyl groups is 1. The lowest BCUT2D eigenvalue weighted by atomic mass is 10.1. The normalized spacial score (nSPS) is 13.8. The molecule has 0 aliphatic carbocycles. The highest BCUT2D eigenvalue weighted by Crippen LogP contribution is 2.11. The van der Waals surface area contributed by atoms with Gasteiger partial charge in [0.25, 0.3) is 0 Å². The topological polar surface area (TPSA) is 55.8 Å². The van der Waals surface area contributed by atoms with Crippen LogP contribution in [0.15, 0.2) is 158 Å². The van der Waals surface area contributed by atoms with E-state index in [0.29, 0.717) is 13.0 Å². The minimum atomic E-state index is -0.574. The highest BCUT2D eigenvalue weighted by Gasteiger charge is 2.13. The molecular formula is C59H92O4. The van der Waals surface area contributed by atoms with Gasteiger partial charge in [-0.2, -0.15) is 0 Å². The fraction of sp³-hybridized carbons (Fsp3) is 0.542. The molecule has 0 fully saturated rings. The van der Waals surface area contributed by atoms with E-state index in [0.717, 1.165) is 122 Å². The Balaban J connectivity index is 3.61. The van der Waals surface area contributed by atoms with Crippen LogP contribution < -0.4 is 0 Å². The van der Waals surface area contributed by atoms with Crippen molar-refractivity contribution in [3.05, 3.63) is 158 Å². The lowest BCUT2D eigenvalue weighted by Gasteiger charge is -2.15. The van der Waals surface area contributed by atoms with Crippen LogP contribution >= 0.6 is 0 Å². The van der Waals surface area contributed by atoms with Gasteiger partial charge < -0.3 is 14.6 Å². The zero-order valence-corrected chi connectivity index (χ0v) is 40.3. The number of unbranched alkanes of at least 4 members (excludes halogenated alkanes) is 10. The number of aliphatic hydroxyl groups excluding tert-OH is 1. The molecule has 0 saturated carbocycles. The Morgan fingerprint density at radius 2 is 0.667 bits per heavy atom. The van der Waals surface area contributed by atoms with Crippen LogP contribution in [0.2, 0.25) is 0 Å². The monoisotopic (exact) mass is 865 g/mol. The summed E-state index contributed by atoms with van der Waals surface area (Å²) in [6, 6.07) is 0. The molecule has 0 aromatic heterocycles. The number of esters is 1. The smallest absolute Gasteiger partial charge is 0.306 e. The van der Waals surface area contributed by atoms with Crippen LogP contribution in [0.4, 0.5) is 0 Å². The van der Waals surface area contributed by atoms with Crippen LogP contribution in [0.1, 0.15) is 181 Å². The van der Waals surface area contributed by atoms with E-state index < -0.39 is 6.10 Å². The van der Waals surface area contributed by atoms with Crippen molar-refractivity contribution in [2.75, 3.05) is 19.8 Å². The highest BCUT2D eigenvalue weighted by molar-refractivity contribution is 5.69. The third kappa shape index (κ3) is 52.3. The second-order valence-corrected chi connectivity index (χ2v) is 15.8. The van der Waals surface area contributed by atoms with Crippen LogP contribution in [-0.4, -0.2) is 37.0 Å². The van der Waals surface area contributed by atoms with Gasteiger partial charge in [-0.1, -0.05) is 210 Å². The predicted octanol–water partition coefficient (Wildman–Crippen LogP) is 17.3. The van der Waals surface area contributed by atoms with Crippen molar-refractivity contribution >= 4 is 5.97 Å². The first-order chi connectivity index (χ1) is 31.2. The summed E-state index contributed by atoms with van der Waals surface area (Å²) in [4.78, 5) is 12.3. The molecule has 1 atom stereocenters. The van der Waals surface area contributed by atoms with Crippen molar-refractivity contribution in [3.8, 4) is 0 Å². The maximum absolute atomic E-state index is 12.3. The number of hydrogen-bond acceptors (Lipinski definition) is 4. The van der Waals surface area contributed by atoms with Gasteiger partial charge in [-0.3, -0.25) is 4.79 Å². The summed E-state index contributed by atoms with van der Waals surface area (Å²) < 4.78 is 11.2. The van der Waals surface area contributed by atoms with Crippen molar-refractivity contribution < 1.29 is 19.4 Å². The summed E-state index contributed by atoms with van der Waals surface area (Å²) in [5.41, 5.74) is 0. The Morgan fingerprint density at radius 1 is 0.381 bits per heavy atom. The first kappa shape index (κ1) is 59.0. The van der Waals surface area contributed by atoms with Crippen molar-refractivity contribution in [2.24, 2.45) is 0 Å². The molecule has 0 amide bonds. The van der Waals surface area contributed by atoms with Crippen LogP contribution in [-0.2, 0) is 14.3 Å². The van der Waals surface area contributed by atoms with Crippen molar-refractivity contribution in [3.63, 3.8) is 0 Å². The molecule has 1 N–H and O–H groups in total.